The molecule has 0 bridgehead atoms. The molecule has 0 nitrogen and oxygen atoms in total. The summed E-state index contributed by atoms with van der Waals surface area (Å²) in [7, 11) is 0.892. The van der Waals surface area contributed by atoms with Gasteiger partial charge in [0.2, 0.25) is 0 Å². The van der Waals surface area contributed by atoms with Crippen LogP contribution in [0.5, 0.6) is 0 Å². The van der Waals surface area contributed by atoms with Crippen LogP contribution in [-0.4, -0.2) is 37.0 Å². The van der Waals surface area contributed by atoms with Gasteiger partial charge < -0.3 is 0 Å². The summed E-state index contributed by atoms with van der Waals surface area (Å²) in [5.41, 5.74) is 2.29. The van der Waals surface area contributed by atoms with Crippen molar-refractivity contribution in [1.29, 1.82) is 0 Å². The van der Waals surface area contributed by atoms with E-state index in [-0.39, 0.29) is 24.8 Å². The molecule has 0 aromatic heterocycles. The first-order valence-electron chi connectivity index (χ1n) is 8.53. The first-order valence-corrected chi connectivity index (χ1v) is 14.4. The van der Waals surface area contributed by atoms with Gasteiger partial charge >= 0.3 is 50.9 Å². The minimum atomic E-state index is 0. The number of halogens is 2. The Morgan fingerprint density at radius 1 is 0.783 bits per heavy atom. The Morgan fingerprint density at radius 3 is 1.22 bits per heavy atom. The van der Waals surface area contributed by atoms with Crippen molar-refractivity contribution in [2.45, 2.75) is 53.6 Å². The van der Waals surface area contributed by atoms with Crippen LogP contribution in [0.15, 0.2) is 22.5 Å². The van der Waals surface area contributed by atoms with Crippen molar-refractivity contribution in [2.24, 2.45) is 0 Å². The molecule has 1 aliphatic carbocycles. The molecule has 1 rings (SSSR count). The van der Waals surface area contributed by atoms with Crippen molar-refractivity contribution < 1.29 is 16.3 Å². The van der Waals surface area contributed by atoms with E-state index in [2.05, 4.69) is 65.4 Å². The van der Waals surface area contributed by atoms with Crippen molar-refractivity contribution in [3.05, 3.63) is 22.5 Å². The molecule has 0 aliphatic heterocycles. The van der Waals surface area contributed by atoms with Crippen molar-refractivity contribution in [3.8, 4) is 0 Å². The molecule has 0 amide bonds. The average molecular weight is 440 g/mol. The Balaban J connectivity index is -0.000000113. The molecule has 0 aromatic carbocycles. The molecule has 23 heavy (non-hydrogen) atoms. The van der Waals surface area contributed by atoms with Crippen LogP contribution < -0.4 is 0 Å². The van der Waals surface area contributed by atoms with Gasteiger partial charge in [0.15, 0.2) is 0 Å². The molecule has 0 aromatic rings. The number of hydrogen-bond acceptors (Lipinski definition) is 0. The minimum absolute atomic E-state index is 0. The van der Waals surface area contributed by atoms with Crippen molar-refractivity contribution in [2.75, 3.05) is 37.0 Å². The van der Waals surface area contributed by atoms with Crippen molar-refractivity contribution in [1.82, 2.24) is 0 Å². The van der Waals surface area contributed by atoms with Gasteiger partial charge in [0.25, 0.3) is 0 Å². The van der Waals surface area contributed by atoms with E-state index < -0.39 is 0 Å². The summed E-state index contributed by atoms with van der Waals surface area (Å²) in [5, 5.41) is 0. The molecule has 0 radical (unpaired) electrons. The molecule has 5 heteroatoms. The molecule has 0 atom stereocenters. The topological polar surface area (TPSA) is 0 Å². The van der Waals surface area contributed by atoms with Gasteiger partial charge in [-0.3, -0.25) is 0 Å². The van der Waals surface area contributed by atoms with E-state index in [9.17, 15) is 0 Å². The predicted octanol–water partition coefficient (Wildman–Crippen LogP) is 7.86. The van der Waals surface area contributed by atoms with Gasteiger partial charge in [-0.05, 0) is 37.0 Å². The van der Waals surface area contributed by atoms with Crippen LogP contribution in [0.1, 0.15) is 48.0 Å². The van der Waals surface area contributed by atoms with Crippen LogP contribution in [-0.2, 0) is 16.3 Å². The Bertz CT molecular complexity index is 241. The molecular formula is C18H40Cl2P2V. The van der Waals surface area contributed by atoms with Gasteiger partial charge in [0.1, 0.15) is 0 Å². The standard InChI is InChI=1S/2C6H15P.C5H5.CH3.2ClH.V/c2*1-4-7(5-2)6-3;1-2-4-5-3-1;;;;/h2*4-6H2,1-3H3;1-3H,4H2;1H3;2*1H;. The summed E-state index contributed by atoms with van der Waals surface area (Å²) in [6.45, 7) is 13.7. The Kier molecular flexibility index (Phi) is 36.0. The van der Waals surface area contributed by atoms with E-state index in [1.807, 2.05) is 0 Å². The Labute approximate surface area is 169 Å². The molecule has 0 saturated carbocycles. The van der Waals surface area contributed by atoms with E-state index >= 15 is 0 Å². The second-order valence-electron chi connectivity index (χ2n) is 4.75. The zero-order valence-corrected chi connectivity index (χ0v) is 21.2. The van der Waals surface area contributed by atoms with Gasteiger partial charge in [-0.1, -0.05) is 41.5 Å². The van der Waals surface area contributed by atoms with E-state index in [1.165, 1.54) is 43.4 Å². The Morgan fingerprint density at radius 2 is 1.13 bits per heavy atom. The second-order valence-corrected chi connectivity index (χ2v) is 12.8. The van der Waals surface area contributed by atoms with E-state index in [0.29, 0.717) is 32.1 Å². The summed E-state index contributed by atoms with van der Waals surface area (Å²) in [6, 6.07) is 0. The van der Waals surface area contributed by atoms with Crippen LogP contribution in [0.3, 0.4) is 0 Å². The van der Waals surface area contributed by atoms with Crippen molar-refractivity contribution in [3.63, 3.8) is 0 Å². The number of allylic oxidation sites excluding steroid dienone is 4. The van der Waals surface area contributed by atoms with Gasteiger partial charge in [0, 0.05) is 0 Å². The van der Waals surface area contributed by atoms with E-state index in [1.54, 1.807) is 4.28 Å². The third-order valence-corrected chi connectivity index (χ3v) is 10.5. The summed E-state index contributed by atoms with van der Waals surface area (Å²) in [5.74, 6) is 0. The second kappa shape index (κ2) is 25.7. The molecule has 1 aliphatic rings. The zero-order chi connectivity index (χ0) is 16.5. The summed E-state index contributed by atoms with van der Waals surface area (Å²) in [6.07, 6.45) is 16.3. The molecule has 0 N–H and O–H groups in total. The third kappa shape index (κ3) is 21.5. The molecule has 141 valence electrons. The molecule has 0 spiro atoms. The van der Waals surface area contributed by atoms with E-state index in [4.69, 9.17) is 0 Å². The molecular weight excluding hydrogens is 400 g/mol. The zero-order valence-electron chi connectivity index (χ0n) is 16.3. The molecule has 0 unspecified atom stereocenters. The van der Waals surface area contributed by atoms with Crippen LogP contribution in [0.4, 0.5) is 0 Å². The normalized spacial score (nSPS) is 11.4. The number of hydrogen-bond donors (Lipinski definition) is 0. The van der Waals surface area contributed by atoms with E-state index in [0.717, 1.165) is 0 Å². The maximum absolute atomic E-state index is 2.29. The van der Waals surface area contributed by atoms with Crippen LogP contribution in [0, 0.1) is 0 Å². The fraction of sp³-hybridized carbons (Fsp3) is 0.778. The van der Waals surface area contributed by atoms with Crippen molar-refractivity contribution >= 4 is 40.7 Å². The quantitative estimate of drug-likeness (QED) is 0.354. The predicted molar refractivity (Wildman–Crippen MR) is 119 cm³/mol. The monoisotopic (exact) mass is 439 g/mol. The van der Waals surface area contributed by atoms with Gasteiger partial charge in [-0.2, -0.15) is 0 Å². The summed E-state index contributed by atoms with van der Waals surface area (Å²) >= 11 is 0.523. The van der Waals surface area contributed by atoms with Crippen LogP contribution in [0.2, 0.25) is 5.64 Å². The van der Waals surface area contributed by atoms with Gasteiger partial charge in [-0.15, -0.1) is 40.7 Å². The average Bonchev–Trinajstić information content (AvgIpc) is 3.06. The molecule has 0 heterocycles. The molecule has 0 fully saturated rings. The van der Waals surface area contributed by atoms with Crippen LogP contribution in [0.25, 0.3) is 0 Å². The molecule has 0 saturated heterocycles. The third-order valence-electron chi connectivity index (χ3n) is 3.72. The summed E-state index contributed by atoms with van der Waals surface area (Å²) < 4.78 is 1.65. The number of rotatable bonds is 7. The summed E-state index contributed by atoms with van der Waals surface area (Å²) in [4.78, 5) is 0. The maximum atomic E-state index is 2.29. The van der Waals surface area contributed by atoms with Gasteiger partial charge in [0.05, 0.1) is 0 Å². The SMILES string of the molecule is CCP(CC)CC.CCP(CC)CC.Cl.Cl.[CH3][V][C]1=CC=CC1. The van der Waals surface area contributed by atoms with Gasteiger partial charge in [-0.25, -0.2) is 0 Å². The van der Waals surface area contributed by atoms with Crippen LogP contribution >= 0.6 is 40.7 Å². The fourth-order valence-electron chi connectivity index (χ4n) is 1.94. The Hall–Kier alpha value is 1.50. The fourth-order valence-corrected chi connectivity index (χ4v) is 5.44. The first-order chi connectivity index (χ1) is 10.1. The first kappa shape index (κ1) is 32.2.